The number of aliphatic hydroxyl groups excluding tert-OH is 1. The first kappa shape index (κ1) is 14.1. The number of hydrogen-bond donors (Lipinski definition) is 1. The van der Waals surface area contributed by atoms with E-state index in [1.807, 2.05) is 30.0 Å². The van der Waals surface area contributed by atoms with Crippen molar-refractivity contribution in [3.8, 4) is 0 Å². The lowest BCUT2D eigenvalue weighted by Crippen LogP contribution is -2.31. The zero-order valence-corrected chi connectivity index (χ0v) is 11.6. The van der Waals surface area contributed by atoms with Gasteiger partial charge in [0.2, 0.25) is 5.91 Å². The fourth-order valence-corrected chi connectivity index (χ4v) is 2.62. The molecule has 1 unspecified atom stereocenters. The first-order valence-corrected chi connectivity index (χ1v) is 7.28. The van der Waals surface area contributed by atoms with Gasteiger partial charge in [-0.05, 0) is 43.7 Å². The van der Waals surface area contributed by atoms with E-state index in [4.69, 9.17) is 0 Å². The van der Waals surface area contributed by atoms with Crippen LogP contribution in [0, 0.1) is 0 Å². The quantitative estimate of drug-likeness (QED) is 0.885. The molecule has 1 atom stereocenters. The van der Waals surface area contributed by atoms with Crippen LogP contribution in [0.25, 0.3) is 0 Å². The number of hydrogen-bond acceptors (Lipinski definition) is 2. The maximum Gasteiger partial charge on any atom is 0.226 e. The van der Waals surface area contributed by atoms with E-state index in [1.54, 1.807) is 0 Å². The summed E-state index contributed by atoms with van der Waals surface area (Å²) in [6.45, 7) is 2.70. The van der Waals surface area contributed by atoms with E-state index >= 15 is 0 Å². The average Bonchev–Trinajstić information content (AvgIpc) is 2.58. The van der Waals surface area contributed by atoms with Gasteiger partial charge in [-0.3, -0.25) is 4.79 Å². The minimum absolute atomic E-state index is 0.218. The summed E-state index contributed by atoms with van der Waals surface area (Å²) in [6, 6.07) is 8.18. The highest BCUT2D eigenvalue weighted by Crippen LogP contribution is 2.27. The molecule has 0 fully saturated rings. The van der Waals surface area contributed by atoms with Gasteiger partial charge in [0.1, 0.15) is 0 Å². The number of carbonyl (C=O) groups excluding carboxylic acids is 1. The van der Waals surface area contributed by atoms with Gasteiger partial charge in [0, 0.05) is 18.7 Å². The molecular weight excluding hydrogens is 238 g/mol. The van der Waals surface area contributed by atoms with Crippen LogP contribution < -0.4 is 4.90 Å². The van der Waals surface area contributed by atoms with Crippen molar-refractivity contribution < 1.29 is 9.90 Å². The Balaban J connectivity index is 2.06. The standard InChI is InChI=1S/C16H23NO2/c1-2-14(18)9-6-12-17-15-10-4-3-7-13(15)8-5-11-16(17)19/h3-4,7,10,14,18H,2,5-6,8-9,11-12H2,1H3. The lowest BCUT2D eigenvalue weighted by molar-refractivity contribution is -0.118. The molecule has 19 heavy (non-hydrogen) atoms. The highest BCUT2D eigenvalue weighted by molar-refractivity contribution is 5.94. The lowest BCUT2D eigenvalue weighted by atomic mass is 10.1. The summed E-state index contributed by atoms with van der Waals surface area (Å²) < 4.78 is 0. The van der Waals surface area contributed by atoms with Gasteiger partial charge in [-0.15, -0.1) is 0 Å². The molecule has 0 saturated carbocycles. The molecule has 1 aliphatic heterocycles. The topological polar surface area (TPSA) is 40.5 Å². The zero-order chi connectivity index (χ0) is 13.7. The van der Waals surface area contributed by atoms with E-state index in [-0.39, 0.29) is 12.0 Å². The summed E-state index contributed by atoms with van der Waals surface area (Å²) in [5, 5.41) is 9.60. The van der Waals surface area contributed by atoms with Crippen LogP contribution in [0.2, 0.25) is 0 Å². The Morgan fingerprint density at radius 2 is 2.11 bits per heavy atom. The molecule has 3 nitrogen and oxygen atoms in total. The van der Waals surface area contributed by atoms with Crippen LogP contribution >= 0.6 is 0 Å². The largest absolute Gasteiger partial charge is 0.393 e. The Morgan fingerprint density at radius 1 is 1.32 bits per heavy atom. The molecule has 3 heteroatoms. The minimum Gasteiger partial charge on any atom is -0.393 e. The van der Waals surface area contributed by atoms with E-state index in [9.17, 15) is 9.90 Å². The average molecular weight is 261 g/mol. The highest BCUT2D eigenvalue weighted by Gasteiger charge is 2.21. The second-order valence-corrected chi connectivity index (χ2v) is 5.23. The number of amides is 1. The molecule has 0 bridgehead atoms. The number of benzene rings is 1. The van der Waals surface area contributed by atoms with Crippen LogP contribution in [-0.4, -0.2) is 23.7 Å². The number of carbonyl (C=O) groups is 1. The Labute approximate surface area is 115 Å². The Bertz CT molecular complexity index is 431. The van der Waals surface area contributed by atoms with Gasteiger partial charge in [-0.25, -0.2) is 0 Å². The monoisotopic (exact) mass is 261 g/mol. The smallest absolute Gasteiger partial charge is 0.226 e. The number of rotatable bonds is 5. The number of aryl methyl sites for hydroxylation is 1. The van der Waals surface area contributed by atoms with Gasteiger partial charge in [-0.1, -0.05) is 25.1 Å². The molecule has 1 amide bonds. The normalized spacial score (nSPS) is 16.9. The minimum atomic E-state index is -0.239. The third kappa shape index (κ3) is 3.57. The van der Waals surface area contributed by atoms with Crippen LogP contribution in [0.4, 0.5) is 5.69 Å². The summed E-state index contributed by atoms with van der Waals surface area (Å²) in [7, 11) is 0. The van der Waals surface area contributed by atoms with Gasteiger partial charge < -0.3 is 10.0 Å². The van der Waals surface area contributed by atoms with Crippen molar-refractivity contribution in [3.05, 3.63) is 29.8 Å². The maximum atomic E-state index is 12.2. The van der Waals surface area contributed by atoms with Crippen molar-refractivity contribution in [1.29, 1.82) is 0 Å². The summed E-state index contributed by atoms with van der Waals surface area (Å²) in [5.41, 5.74) is 2.33. The summed E-state index contributed by atoms with van der Waals surface area (Å²) >= 11 is 0. The van der Waals surface area contributed by atoms with Crippen LogP contribution in [0.1, 0.15) is 44.6 Å². The number of aliphatic hydroxyl groups is 1. The molecule has 0 aromatic heterocycles. The van der Waals surface area contributed by atoms with E-state index in [0.29, 0.717) is 13.0 Å². The second-order valence-electron chi connectivity index (χ2n) is 5.23. The van der Waals surface area contributed by atoms with Crippen molar-refractivity contribution in [2.75, 3.05) is 11.4 Å². The van der Waals surface area contributed by atoms with E-state index in [2.05, 4.69) is 6.07 Å². The zero-order valence-electron chi connectivity index (χ0n) is 11.6. The molecular formula is C16H23NO2. The Morgan fingerprint density at radius 3 is 2.89 bits per heavy atom. The fraction of sp³-hybridized carbons (Fsp3) is 0.562. The lowest BCUT2D eigenvalue weighted by Gasteiger charge is -2.23. The Hall–Kier alpha value is -1.35. The molecule has 104 valence electrons. The molecule has 2 rings (SSSR count). The highest BCUT2D eigenvalue weighted by atomic mass is 16.3. The number of nitrogens with zero attached hydrogens (tertiary/aromatic N) is 1. The van der Waals surface area contributed by atoms with Gasteiger partial charge in [0.15, 0.2) is 0 Å². The van der Waals surface area contributed by atoms with Crippen molar-refractivity contribution >= 4 is 11.6 Å². The fourth-order valence-electron chi connectivity index (χ4n) is 2.62. The van der Waals surface area contributed by atoms with E-state index in [0.717, 1.165) is 37.8 Å². The summed E-state index contributed by atoms with van der Waals surface area (Å²) in [4.78, 5) is 14.1. The molecule has 1 heterocycles. The number of anilines is 1. The molecule has 0 spiro atoms. The summed E-state index contributed by atoms with van der Waals surface area (Å²) in [5.74, 6) is 0.218. The van der Waals surface area contributed by atoms with Crippen molar-refractivity contribution in [2.45, 2.75) is 51.6 Å². The van der Waals surface area contributed by atoms with Gasteiger partial charge in [-0.2, -0.15) is 0 Å². The third-order valence-corrected chi connectivity index (χ3v) is 3.81. The van der Waals surface area contributed by atoms with Gasteiger partial charge in [0.25, 0.3) is 0 Å². The maximum absolute atomic E-state index is 12.2. The summed E-state index contributed by atoms with van der Waals surface area (Å²) in [6.07, 6.45) is 4.71. The SMILES string of the molecule is CCC(O)CCCN1C(=O)CCCc2ccccc21. The van der Waals surface area contributed by atoms with Crippen molar-refractivity contribution in [2.24, 2.45) is 0 Å². The van der Waals surface area contributed by atoms with Crippen molar-refractivity contribution in [3.63, 3.8) is 0 Å². The molecule has 1 aromatic rings. The predicted octanol–water partition coefficient (Wildman–Crippen LogP) is 2.91. The first-order valence-electron chi connectivity index (χ1n) is 7.28. The molecule has 1 aromatic carbocycles. The predicted molar refractivity (Wildman–Crippen MR) is 77.3 cm³/mol. The third-order valence-electron chi connectivity index (χ3n) is 3.81. The van der Waals surface area contributed by atoms with Crippen molar-refractivity contribution in [1.82, 2.24) is 0 Å². The molecule has 0 aliphatic carbocycles. The molecule has 1 N–H and O–H groups in total. The van der Waals surface area contributed by atoms with Gasteiger partial charge >= 0.3 is 0 Å². The van der Waals surface area contributed by atoms with Gasteiger partial charge in [0.05, 0.1) is 6.10 Å². The van der Waals surface area contributed by atoms with Crippen LogP contribution in [0.3, 0.4) is 0 Å². The molecule has 0 radical (unpaired) electrons. The molecule has 0 saturated heterocycles. The van der Waals surface area contributed by atoms with Crippen LogP contribution in [-0.2, 0) is 11.2 Å². The van der Waals surface area contributed by atoms with E-state index < -0.39 is 0 Å². The van der Waals surface area contributed by atoms with E-state index in [1.165, 1.54) is 5.56 Å². The number of para-hydroxylation sites is 1. The molecule has 1 aliphatic rings. The van der Waals surface area contributed by atoms with Crippen LogP contribution in [0.15, 0.2) is 24.3 Å². The van der Waals surface area contributed by atoms with Crippen LogP contribution in [0.5, 0.6) is 0 Å². The second kappa shape index (κ2) is 6.71. The Kier molecular flexibility index (Phi) is 4.97. The number of fused-ring (bicyclic) bond motifs is 1. The first-order chi connectivity index (χ1) is 9.22.